The number of carbonyl (C=O) groups excluding carboxylic acids is 1. The molecule has 150 valence electrons. The van der Waals surface area contributed by atoms with Gasteiger partial charge < -0.3 is 10.1 Å². The molecule has 0 radical (unpaired) electrons. The van der Waals surface area contributed by atoms with E-state index < -0.39 is 9.84 Å². The molecule has 1 aliphatic heterocycles. The van der Waals surface area contributed by atoms with Crippen molar-refractivity contribution in [2.24, 2.45) is 0 Å². The summed E-state index contributed by atoms with van der Waals surface area (Å²) in [6.07, 6.45) is 1.82. The maximum absolute atomic E-state index is 12.3. The van der Waals surface area contributed by atoms with E-state index in [1.54, 1.807) is 12.1 Å². The summed E-state index contributed by atoms with van der Waals surface area (Å²) in [7, 11) is -3.20. The first-order valence-electron chi connectivity index (χ1n) is 9.23. The normalized spacial score (nSPS) is 15.6. The third-order valence-corrected chi connectivity index (χ3v) is 7.12. The Morgan fingerprint density at radius 3 is 2.52 bits per heavy atom. The van der Waals surface area contributed by atoms with Crippen LogP contribution in [0.5, 0.6) is 5.75 Å². The number of rotatable bonds is 5. The molecule has 1 aliphatic rings. The third kappa shape index (κ3) is 4.21. The van der Waals surface area contributed by atoms with Crippen LogP contribution in [-0.4, -0.2) is 33.2 Å². The number of benzene rings is 2. The van der Waals surface area contributed by atoms with Crippen LogP contribution in [0.15, 0.2) is 58.8 Å². The molecular formula is C22H21NO4S2. The van der Waals surface area contributed by atoms with E-state index >= 15 is 0 Å². The van der Waals surface area contributed by atoms with Gasteiger partial charge >= 0.3 is 0 Å². The predicted octanol–water partition coefficient (Wildman–Crippen LogP) is 3.86. The number of fused-ring (bicyclic) bond motifs is 1. The average molecular weight is 428 g/mol. The van der Waals surface area contributed by atoms with Crippen LogP contribution in [0, 0.1) is 6.92 Å². The molecule has 4 rings (SSSR count). The number of carbonyl (C=O) groups is 1. The van der Waals surface area contributed by atoms with E-state index in [0.717, 1.165) is 32.9 Å². The highest BCUT2D eigenvalue weighted by Crippen LogP contribution is 2.33. The lowest BCUT2D eigenvalue weighted by Crippen LogP contribution is -2.34. The largest absolute Gasteiger partial charge is 0.488 e. The number of ether oxygens (including phenoxy) is 1. The molecule has 1 atom stereocenters. The highest BCUT2D eigenvalue weighted by atomic mass is 32.2. The molecule has 1 N–H and O–H groups in total. The van der Waals surface area contributed by atoms with E-state index in [9.17, 15) is 13.2 Å². The number of amides is 1. The van der Waals surface area contributed by atoms with Crippen LogP contribution in [-0.2, 0) is 16.3 Å². The van der Waals surface area contributed by atoms with Crippen molar-refractivity contribution in [3.8, 4) is 16.9 Å². The monoisotopic (exact) mass is 427 g/mol. The van der Waals surface area contributed by atoms with Gasteiger partial charge in [0.15, 0.2) is 9.84 Å². The molecular weight excluding hydrogens is 406 g/mol. The smallest absolute Gasteiger partial charge is 0.261 e. The lowest BCUT2D eigenvalue weighted by atomic mass is 10.0. The standard InChI is InChI=1S/C22H21NO4S2/c1-14-9-10-28-21(14)22(24)23-13-18-12-17-11-16(5-8-20(17)27-18)15-3-6-19(7-4-15)29(2,25)26/h3-11,18H,12-13H2,1-2H3,(H,23,24)/t18-/m1/s1. The van der Waals surface area contributed by atoms with Crippen LogP contribution in [0.1, 0.15) is 20.8 Å². The molecule has 3 aromatic rings. The molecule has 0 saturated carbocycles. The minimum Gasteiger partial charge on any atom is -0.488 e. The molecule has 0 fully saturated rings. The Balaban J connectivity index is 1.43. The summed E-state index contributed by atoms with van der Waals surface area (Å²) in [4.78, 5) is 13.3. The fourth-order valence-corrected chi connectivity index (χ4v) is 4.87. The third-order valence-electron chi connectivity index (χ3n) is 4.98. The molecule has 2 aromatic carbocycles. The van der Waals surface area contributed by atoms with Crippen LogP contribution in [0.2, 0.25) is 0 Å². The zero-order chi connectivity index (χ0) is 20.6. The van der Waals surface area contributed by atoms with Crippen molar-refractivity contribution in [2.45, 2.75) is 24.3 Å². The van der Waals surface area contributed by atoms with E-state index in [4.69, 9.17) is 4.74 Å². The summed E-state index contributed by atoms with van der Waals surface area (Å²) in [5, 5.41) is 4.87. The summed E-state index contributed by atoms with van der Waals surface area (Å²) in [6.45, 7) is 2.38. The molecule has 1 amide bonds. The Bertz CT molecular complexity index is 1160. The van der Waals surface area contributed by atoms with Crippen LogP contribution >= 0.6 is 11.3 Å². The summed E-state index contributed by atoms with van der Waals surface area (Å²) in [5.74, 6) is 0.761. The minimum absolute atomic E-state index is 0.0660. The van der Waals surface area contributed by atoms with Crippen LogP contribution in [0.3, 0.4) is 0 Å². The maximum Gasteiger partial charge on any atom is 0.261 e. The molecule has 0 bridgehead atoms. The molecule has 0 saturated heterocycles. The molecule has 5 nitrogen and oxygen atoms in total. The van der Waals surface area contributed by atoms with Crippen molar-refractivity contribution in [1.29, 1.82) is 0 Å². The maximum atomic E-state index is 12.3. The van der Waals surface area contributed by atoms with Crippen molar-refractivity contribution < 1.29 is 17.9 Å². The predicted molar refractivity (Wildman–Crippen MR) is 114 cm³/mol. The number of hydrogen-bond donors (Lipinski definition) is 1. The molecule has 7 heteroatoms. The van der Waals surface area contributed by atoms with Crippen molar-refractivity contribution in [3.63, 3.8) is 0 Å². The average Bonchev–Trinajstić information content (AvgIpc) is 3.30. The van der Waals surface area contributed by atoms with Gasteiger partial charge in [-0.3, -0.25) is 4.79 Å². The van der Waals surface area contributed by atoms with Crippen molar-refractivity contribution in [3.05, 3.63) is 69.9 Å². The summed E-state index contributed by atoms with van der Waals surface area (Å²) in [5.41, 5.74) is 4.02. The van der Waals surface area contributed by atoms with Gasteiger partial charge in [0.25, 0.3) is 5.91 Å². The van der Waals surface area contributed by atoms with Crippen LogP contribution < -0.4 is 10.1 Å². The van der Waals surface area contributed by atoms with Gasteiger partial charge in [0.2, 0.25) is 0 Å². The Labute approximate surface area is 174 Å². The molecule has 0 unspecified atom stereocenters. The van der Waals surface area contributed by atoms with Gasteiger partial charge in [0, 0.05) is 12.7 Å². The van der Waals surface area contributed by atoms with Gasteiger partial charge in [-0.25, -0.2) is 8.42 Å². The lowest BCUT2D eigenvalue weighted by Gasteiger charge is -2.11. The summed E-state index contributed by atoms with van der Waals surface area (Å²) < 4.78 is 29.2. The second-order valence-electron chi connectivity index (χ2n) is 7.21. The number of hydrogen-bond acceptors (Lipinski definition) is 5. The number of sulfone groups is 1. The van der Waals surface area contributed by atoms with Gasteiger partial charge in [-0.1, -0.05) is 18.2 Å². The van der Waals surface area contributed by atoms with E-state index in [2.05, 4.69) is 11.4 Å². The highest BCUT2D eigenvalue weighted by Gasteiger charge is 2.24. The summed E-state index contributed by atoms with van der Waals surface area (Å²) >= 11 is 1.44. The Hall–Kier alpha value is -2.64. The fraction of sp³-hybridized carbons (Fsp3) is 0.227. The molecule has 29 heavy (non-hydrogen) atoms. The van der Waals surface area contributed by atoms with Gasteiger partial charge in [-0.15, -0.1) is 11.3 Å². The van der Waals surface area contributed by atoms with Gasteiger partial charge in [-0.05, 0) is 64.9 Å². The first-order chi connectivity index (χ1) is 13.8. The molecule has 1 aromatic heterocycles. The van der Waals surface area contributed by atoms with Crippen LogP contribution in [0.4, 0.5) is 0 Å². The second-order valence-corrected chi connectivity index (χ2v) is 10.1. The zero-order valence-corrected chi connectivity index (χ0v) is 17.8. The van der Waals surface area contributed by atoms with Crippen molar-refractivity contribution in [2.75, 3.05) is 12.8 Å². The van der Waals surface area contributed by atoms with Crippen molar-refractivity contribution >= 4 is 27.1 Å². The first-order valence-corrected chi connectivity index (χ1v) is 12.0. The quantitative estimate of drug-likeness (QED) is 0.671. The van der Waals surface area contributed by atoms with E-state index in [1.165, 1.54) is 17.6 Å². The number of aryl methyl sites for hydroxylation is 1. The van der Waals surface area contributed by atoms with Gasteiger partial charge in [0.1, 0.15) is 11.9 Å². The van der Waals surface area contributed by atoms with Crippen LogP contribution in [0.25, 0.3) is 11.1 Å². The lowest BCUT2D eigenvalue weighted by molar-refractivity contribution is 0.0937. The number of nitrogens with one attached hydrogen (secondary N) is 1. The molecule has 2 heterocycles. The topological polar surface area (TPSA) is 72.5 Å². The minimum atomic E-state index is -3.20. The van der Waals surface area contributed by atoms with Gasteiger partial charge in [-0.2, -0.15) is 0 Å². The Kier molecular flexibility index (Phi) is 5.19. The fourth-order valence-electron chi connectivity index (χ4n) is 3.40. The number of thiophene rings is 1. The van der Waals surface area contributed by atoms with Crippen molar-refractivity contribution in [1.82, 2.24) is 5.32 Å². The Morgan fingerprint density at radius 1 is 1.14 bits per heavy atom. The second kappa shape index (κ2) is 7.65. The molecule has 0 aliphatic carbocycles. The zero-order valence-electron chi connectivity index (χ0n) is 16.1. The van der Waals surface area contributed by atoms with E-state index in [1.807, 2.05) is 42.6 Å². The SMILES string of the molecule is Cc1ccsc1C(=O)NC[C@H]1Cc2cc(-c3ccc(S(C)(=O)=O)cc3)ccc2O1. The molecule has 0 spiro atoms. The highest BCUT2D eigenvalue weighted by molar-refractivity contribution is 7.90. The summed E-state index contributed by atoms with van der Waals surface area (Å²) in [6, 6.07) is 14.8. The first kappa shape index (κ1) is 19.7. The van der Waals surface area contributed by atoms with E-state index in [-0.39, 0.29) is 12.0 Å². The van der Waals surface area contributed by atoms with E-state index in [0.29, 0.717) is 17.9 Å². The Morgan fingerprint density at radius 2 is 1.86 bits per heavy atom. The van der Waals surface area contributed by atoms with Gasteiger partial charge in [0.05, 0.1) is 16.3 Å².